The molecule has 0 aliphatic carbocycles. The van der Waals surface area contributed by atoms with E-state index in [-0.39, 0.29) is 5.92 Å². The number of unbranched alkanes of at least 4 members (excludes halogenated alkanes) is 5. The first-order valence-corrected chi connectivity index (χ1v) is 27.2. The van der Waals surface area contributed by atoms with Crippen LogP contribution in [0.15, 0.2) is 0 Å². The molecule has 0 aromatic carbocycles. The molecule has 0 radical (unpaired) electrons. The molecule has 0 rings (SSSR count). The maximum atomic E-state index is 14.1. The summed E-state index contributed by atoms with van der Waals surface area (Å²) in [5.41, 5.74) is 1.59. The predicted molar refractivity (Wildman–Crippen MR) is 292 cm³/mol. The molecule has 0 saturated carbocycles. The zero-order valence-corrected chi connectivity index (χ0v) is 50.3. The van der Waals surface area contributed by atoms with Gasteiger partial charge in [0.25, 0.3) is 0 Å². The van der Waals surface area contributed by atoms with Crippen LogP contribution < -0.4 is 5.73 Å². The summed E-state index contributed by atoms with van der Waals surface area (Å²) in [6.45, 7) is 36.8. The second-order valence-electron chi connectivity index (χ2n) is 25.6. The number of nitrogens with two attached hydrogens (primary N) is 1. The Balaban J connectivity index is 6.54. The Morgan fingerprint density at radius 2 is 0.568 bits per heavy atom. The van der Waals surface area contributed by atoms with Gasteiger partial charge in [0.15, 0.2) is 0 Å². The minimum Gasteiger partial charge on any atom is -0.444 e. The Kier molecular flexibility index (Phi) is 30.3. The van der Waals surface area contributed by atoms with Crippen LogP contribution in [-0.4, -0.2) is 186 Å². The molecule has 0 saturated heterocycles. The van der Waals surface area contributed by atoms with Crippen molar-refractivity contribution in [3.63, 3.8) is 0 Å². The van der Waals surface area contributed by atoms with Crippen molar-refractivity contribution >= 4 is 36.6 Å². The van der Waals surface area contributed by atoms with E-state index in [1.165, 1.54) is 9.80 Å². The van der Waals surface area contributed by atoms with Gasteiger partial charge >= 0.3 is 36.6 Å². The van der Waals surface area contributed by atoms with Gasteiger partial charge < -0.3 is 63.6 Å². The van der Waals surface area contributed by atoms with Gasteiger partial charge in [0.2, 0.25) is 0 Å². The number of carbonyl (C=O) groups is 6. The van der Waals surface area contributed by atoms with E-state index in [4.69, 9.17) is 34.2 Å². The van der Waals surface area contributed by atoms with Crippen LogP contribution in [-0.2, 0) is 28.4 Å². The van der Waals surface area contributed by atoms with Crippen LogP contribution in [0.4, 0.5) is 28.8 Å². The molecule has 0 fully saturated rings. The normalized spacial score (nSPS) is 12.4. The molecule has 0 aromatic heterocycles. The second-order valence-corrected chi connectivity index (χ2v) is 25.6. The molecule has 0 aliphatic heterocycles. The third-order valence-corrected chi connectivity index (χ3v) is 10.6. The number of hydrogen-bond acceptors (Lipinski definition) is 13. The molecule has 0 aromatic rings. The maximum absolute atomic E-state index is 14.1. The van der Waals surface area contributed by atoms with E-state index in [2.05, 4.69) is 0 Å². The minimum atomic E-state index is -0.767. The fraction of sp³-hybridized carbons (Fsp3) is 0.891. The van der Waals surface area contributed by atoms with Crippen LogP contribution in [0.25, 0.3) is 0 Å². The van der Waals surface area contributed by atoms with Gasteiger partial charge in [0.1, 0.15) is 33.6 Å². The second kappa shape index (κ2) is 32.2. The third kappa shape index (κ3) is 36.5. The smallest absolute Gasteiger partial charge is 0.410 e. The SMILES string of the molecule is CN(CCCN(CCCCN(CC(CCCCCCN)CN(CCCCN(CCCN(C)C(=O)OC(C)(C)C)C(=O)OC(C)(C)C)C(=O)OC(C)(C)C)C(=O)OC(C)(C)C)C(=O)OC(C)(C)C)C(=O)OC(C)(C)C. The lowest BCUT2D eigenvalue weighted by atomic mass is 9.98. The third-order valence-electron chi connectivity index (χ3n) is 10.6. The van der Waals surface area contributed by atoms with Crippen molar-refractivity contribution in [1.82, 2.24) is 29.4 Å². The highest BCUT2D eigenvalue weighted by Gasteiger charge is 2.31. The molecule has 19 heteroatoms. The van der Waals surface area contributed by atoms with E-state index in [9.17, 15) is 28.8 Å². The molecule has 0 unspecified atom stereocenters. The van der Waals surface area contributed by atoms with Crippen molar-refractivity contribution in [3.8, 4) is 0 Å². The van der Waals surface area contributed by atoms with Crippen molar-refractivity contribution in [3.05, 3.63) is 0 Å². The van der Waals surface area contributed by atoms with Crippen molar-refractivity contribution in [1.29, 1.82) is 0 Å². The largest absolute Gasteiger partial charge is 0.444 e. The molecule has 0 spiro atoms. The summed E-state index contributed by atoms with van der Waals surface area (Å²) >= 11 is 0. The molecule has 434 valence electrons. The Bertz CT molecular complexity index is 1560. The van der Waals surface area contributed by atoms with Gasteiger partial charge in [-0.15, -0.1) is 0 Å². The number of rotatable bonds is 28. The first-order valence-electron chi connectivity index (χ1n) is 27.2. The highest BCUT2D eigenvalue weighted by atomic mass is 16.6. The van der Waals surface area contributed by atoms with E-state index in [1.807, 2.05) is 125 Å². The standard InChI is InChI=1S/C55H107N7O12/c1-50(2,3)69-44(63)57(19)33-29-39-59(46(65)71-52(7,8)9)35-25-27-37-61(48(67)73-54(13,14)15)41-43(31-23-21-22-24-32-56)42-62(49(68)74-55(16,17)18)38-28-26-36-60(47(66)72-53(10,11)12)40-30-34-58(20)45(64)70-51(4,5)6/h43H,21-42,56H2,1-20H3. The van der Waals surface area contributed by atoms with Crippen LogP contribution in [0.2, 0.25) is 0 Å². The Hall–Kier alpha value is -4.42. The summed E-state index contributed by atoms with van der Waals surface area (Å²) in [5.74, 6) is -0.159. The van der Waals surface area contributed by atoms with Gasteiger partial charge in [-0.2, -0.15) is 0 Å². The molecule has 74 heavy (non-hydrogen) atoms. The Morgan fingerprint density at radius 3 is 0.851 bits per heavy atom. The van der Waals surface area contributed by atoms with E-state index in [0.29, 0.717) is 111 Å². The van der Waals surface area contributed by atoms with Gasteiger partial charge in [0, 0.05) is 79.5 Å². The number of carbonyl (C=O) groups excluding carboxylic acids is 6. The predicted octanol–water partition coefficient (Wildman–Crippen LogP) is 11.5. The summed E-state index contributed by atoms with van der Waals surface area (Å²) in [7, 11) is 3.33. The van der Waals surface area contributed by atoms with Gasteiger partial charge in [-0.1, -0.05) is 19.3 Å². The lowest BCUT2D eigenvalue weighted by Crippen LogP contribution is -2.45. The summed E-state index contributed by atoms with van der Waals surface area (Å²) in [5, 5.41) is 0. The lowest BCUT2D eigenvalue weighted by molar-refractivity contribution is 0.0113. The fourth-order valence-electron chi connectivity index (χ4n) is 7.27. The molecule has 0 atom stereocenters. The van der Waals surface area contributed by atoms with Crippen LogP contribution in [0.1, 0.15) is 195 Å². The summed E-state index contributed by atoms with van der Waals surface area (Å²) in [6.07, 6.45) is 4.82. The highest BCUT2D eigenvalue weighted by molar-refractivity contribution is 5.70. The van der Waals surface area contributed by atoms with Gasteiger partial charge in [-0.25, -0.2) is 28.8 Å². The van der Waals surface area contributed by atoms with Crippen molar-refractivity contribution in [2.45, 2.75) is 229 Å². The van der Waals surface area contributed by atoms with Gasteiger partial charge in [-0.05, 0) is 188 Å². The molecule has 0 heterocycles. The van der Waals surface area contributed by atoms with Crippen LogP contribution >= 0.6 is 0 Å². The summed E-state index contributed by atoms with van der Waals surface area (Å²) < 4.78 is 34.5. The fourth-order valence-corrected chi connectivity index (χ4v) is 7.27. The van der Waals surface area contributed by atoms with Crippen LogP contribution in [0.5, 0.6) is 0 Å². The highest BCUT2D eigenvalue weighted by Crippen LogP contribution is 2.22. The monoisotopic (exact) mass is 1060 g/mol. The van der Waals surface area contributed by atoms with Gasteiger partial charge in [0.05, 0.1) is 0 Å². The number of nitrogens with zero attached hydrogens (tertiary/aromatic N) is 6. The van der Waals surface area contributed by atoms with Crippen molar-refractivity contribution < 1.29 is 57.2 Å². The van der Waals surface area contributed by atoms with E-state index in [1.54, 1.807) is 33.7 Å². The number of ether oxygens (including phenoxy) is 6. The minimum absolute atomic E-state index is 0.159. The zero-order valence-electron chi connectivity index (χ0n) is 50.3. The van der Waals surface area contributed by atoms with E-state index >= 15 is 0 Å². The maximum Gasteiger partial charge on any atom is 0.410 e. The van der Waals surface area contributed by atoms with E-state index in [0.717, 1.165) is 32.1 Å². The zero-order chi connectivity index (χ0) is 57.3. The summed E-state index contributed by atoms with van der Waals surface area (Å²) in [4.78, 5) is 90.0. The van der Waals surface area contributed by atoms with Gasteiger partial charge in [-0.3, -0.25) is 0 Å². The topological polar surface area (TPSA) is 203 Å². The average Bonchev–Trinajstić information content (AvgIpc) is 3.19. The Morgan fingerprint density at radius 1 is 0.324 bits per heavy atom. The van der Waals surface area contributed by atoms with Crippen LogP contribution in [0, 0.1) is 5.92 Å². The van der Waals surface area contributed by atoms with Crippen molar-refractivity contribution in [2.24, 2.45) is 11.7 Å². The first-order chi connectivity index (χ1) is 33.7. The number of amides is 6. The quantitative estimate of drug-likeness (QED) is 0.0573. The molecular weight excluding hydrogens is 951 g/mol. The molecule has 19 nitrogen and oxygen atoms in total. The molecule has 0 aliphatic rings. The number of hydrogen-bond donors (Lipinski definition) is 1. The molecule has 0 bridgehead atoms. The molecular formula is C55H107N7O12. The molecule has 2 N–H and O–H groups in total. The average molecular weight is 1060 g/mol. The molecule has 6 amide bonds. The van der Waals surface area contributed by atoms with Crippen molar-refractivity contribution in [2.75, 3.05) is 86.1 Å². The van der Waals surface area contributed by atoms with E-state index < -0.39 is 70.2 Å². The Labute approximate surface area is 448 Å². The lowest BCUT2D eigenvalue weighted by Gasteiger charge is -2.34. The first kappa shape index (κ1) is 69.6. The summed E-state index contributed by atoms with van der Waals surface area (Å²) in [6, 6.07) is 0. The van der Waals surface area contributed by atoms with Crippen LogP contribution in [0.3, 0.4) is 0 Å².